The van der Waals surface area contributed by atoms with E-state index < -0.39 is 29.5 Å². The molecule has 1 aromatic carbocycles. The molecular weight excluding hydrogens is 404 g/mol. The molecule has 0 bridgehead atoms. The largest absolute Gasteiger partial charge is 0.511 e. The van der Waals surface area contributed by atoms with Crippen molar-refractivity contribution in [3.8, 4) is 23.0 Å². The van der Waals surface area contributed by atoms with E-state index in [9.17, 15) is 24.9 Å². The first-order chi connectivity index (χ1) is 13.6. The monoisotopic (exact) mass is 422 g/mol. The molecule has 0 fully saturated rings. The number of aliphatic hydroxyl groups is 2. The van der Waals surface area contributed by atoms with Crippen LogP contribution < -0.4 is 4.74 Å². The van der Waals surface area contributed by atoms with E-state index in [1.54, 1.807) is 6.92 Å². The maximum Gasteiger partial charge on any atom is 0.249 e. The zero-order chi connectivity index (χ0) is 21.5. The molecule has 154 valence electrons. The number of aromatic hydroxyl groups is 1. The first-order valence-corrected chi connectivity index (χ1v) is 9.12. The quantitative estimate of drug-likeness (QED) is 0.619. The summed E-state index contributed by atoms with van der Waals surface area (Å²) in [5, 5.41) is 37.6. The number of benzene rings is 1. The fourth-order valence-corrected chi connectivity index (χ4v) is 3.51. The van der Waals surface area contributed by atoms with Gasteiger partial charge in [-0.3, -0.25) is 9.59 Å². The van der Waals surface area contributed by atoms with Crippen molar-refractivity contribution in [3.63, 3.8) is 0 Å². The molecule has 0 spiro atoms. The molecular formula is C19H19ClN2O7. The number of nitrogens with zero attached hydrogens (tertiary/aromatic N) is 2. The van der Waals surface area contributed by atoms with Crippen LogP contribution in [-0.4, -0.2) is 44.2 Å². The number of phenols is 1. The zero-order valence-corrected chi connectivity index (χ0v) is 16.6. The number of hydrogen-bond acceptors (Lipinski definition) is 9. The highest BCUT2D eigenvalue weighted by atomic mass is 35.5. The fraction of sp³-hybridized carbons (Fsp3) is 0.368. The second-order valence-electron chi connectivity index (χ2n) is 6.84. The molecule has 1 heterocycles. The third-order valence-electron chi connectivity index (χ3n) is 4.70. The third kappa shape index (κ3) is 3.70. The lowest BCUT2D eigenvalue weighted by molar-refractivity contribution is -0.116. The Labute approximate surface area is 170 Å². The summed E-state index contributed by atoms with van der Waals surface area (Å²) in [5.41, 5.74) is -0.133. The number of hydrogen-bond donors (Lipinski definition) is 3. The van der Waals surface area contributed by atoms with Gasteiger partial charge in [-0.2, -0.15) is 0 Å². The van der Waals surface area contributed by atoms with Gasteiger partial charge in [-0.15, -0.1) is 10.2 Å². The fourth-order valence-electron chi connectivity index (χ4n) is 3.28. The standard InChI is InChI=1S/C19H19ClN2O7/c1-7-4-9(24)5-11(25)13(7)16(26)14-12(28-3)6-10(15(20)17(14)27)19-22-21-18(29-19)8(2)23/h5-8,13,23,25,27H,4H2,1-3H3/t7-,8+,13-/m1/s1. The second-order valence-corrected chi connectivity index (χ2v) is 7.22. The van der Waals surface area contributed by atoms with Crippen LogP contribution in [0, 0.1) is 11.8 Å². The molecule has 0 radical (unpaired) electrons. The summed E-state index contributed by atoms with van der Waals surface area (Å²) in [4.78, 5) is 24.7. The van der Waals surface area contributed by atoms with Crippen LogP contribution in [-0.2, 0) is 4.79 Å². The number of methoxy groups -OCH3 is 1. The highest BCUT2D eigenvalue weighted by Gasteiger charge is 2.38. The van der Waals surface area contributed by atoms with Gasteiger partial charge in [0.25, 0.3) is 0 Å². The summed E-state index contributed by atoms with van der Waals surface area (Å²) in [6.45, 7) is 3.09. The number of halogens is 1. The van der Waals surface area contributed by atoms with Gasteiger partial charge in [0, 0.05) is 12.5 Å². The minimum atomic E-state index is -1.03. The van der Waals surface area contributed by atoms with Crippen LogP contribution in [0.1, 0.15) is 42.6 Å². The number of aromatic nitrogens is 2. The molecule has 0 saturated heterocycles. The predicted molar refractivity (Wildman–Crippen MR) is 101 cm³/mol. The van der Waals surface area contributed by atoms with Crippen molar-refractivity contribution in [2.45, 2.75) is 26.4 Å². The number of rotatable bonds is 5. The number of phenolic OH excluding ortho intramolecular Hbond substituents is 1. The summed E-state index contributed by atoms with van der Waals surface area (Å²) in [7, 11) is 1.29. The van der Waals surface area contributed by atoms with E-state index in [0.29, 0.717) is 0 Å². The Morgan fingerprint density at radius 1 is 1.38 bits per heavy atom. The van der Waals surface area contributed by atoms with Crippen molar-refractivity contribution in [1.82, 2.24) is 10.2 Å². The van der Waals surface area contributed by atoms with Crippen LogP contribution in [0.2, 0.25) is 5.02 Å². The Balaban J connectivity index is 2.11. The number of Topliss-reactive ketones (excluding diaryl/α,β-unsaturated/α-hetero) is 1. The minimum absolute atomic E-state index is 0.0272. The Bertz CT molecular complexity index is 1010. The summed E-state index contributed by atoms with van der Waals surface area (Å²) < 4.78 is 10.6. The number of ether oxygens (including phenoxy) is 1. The van der Waals surface area contributed by atoms with Crippen LogP contribution in [0.5, 0.6) is 11.5 Å². The lowest BCUT2D eigenvalue weighted by atomic mass is 9.78. The van der Waals surface area contributed by atoms with Gasteiger partial charge >= 0.3 is 0 Å². The highest BCUT2D eigenvalue weighted by Crippen LogP contribution is 2.45. The Morgan fingerprint density at radius 3 is 2.62 bits per heavy atom. The summed E-state index contributed by atoms with van der Waals surface area (Å²) in [6.07, 6.45) is 0.0917. The van der Waals surface area contributed by atoms with Crippen molar-refractivity contribution in [2.24, 2.45) is 11.8 Å². The molecule has 3 N–H and O–H groups in total. The van der Waals surface area contributed by atoms with E-state index in [1.807, 2.05) is 0 Å². The molecule has 0 saturated carbocycles. The van der Waals surface area contributed by atoms with Gasteiger partial charge in [0.05, 0.1) is 23.6 Å². The van der Waals surface area contributed by atoms with Gasteiger partial charge in [0.2, 0.25) is 11.8 Å². The van der Waals surface area contributed by atoms with Crippen LogP contribution in [0.4, 0.5) is 0 Å². The lowest BCUT2D eigenvalue weighted by Gasteiger charge is -2.26. The van der Waals surface area contributed by atoms with Gasteiger partial charge in [-0.25, -0.2) is 0 Å². The van der Waals surface area contributed by atoms with Crippen LogP contribution in [0.3, 0.4) is 0 Å². The molecule has 9 nitrogen and oxygen atoms in total. The molecule has 3 atom stereocenters. The molecule has 0 unspecified atom stereocenters. The van der Waals surface area contributed by atoms with Crippen LogP contribution >= 0.6 is 11.6 Å². The number of ketones is 2. The lowest BCUT2D eigenvalue weighted by Crippen LogP contribution is -2.30. The minimum Gasteiger partial charge on any atom is -0.511 e. The average Bonchev–Trinajstić information content (AvgIpc) is 3.12. The molecule has 1 aliphatic carbocycles. The van der Waals surface area contributed by atoms with E-state index in [1.165, 1.54) is 20.1 Å². The molecule has 1 aromatic heterocycles. The Hall–Kier alpha value is -2.91. The van der Waals surface area contributed by atoms with E-state index in [0.717, 1.165) is 6.08 Å². The van der Waals surface area contributed by atoms with Crippen molar-refractivity contribution < 1.29 is 34.1 Å². The van der Waals surface area contributed by atoms with Crippen molar-refractivity contribution in [3.05, 3.63) is 34.4 Å². The van der Waals surface area contributed by atoms with E-state index in [2.05, 4.69) is 10.2 Å². The molecule has 0 amide bonds. The smallest absolute Gasteiger partial charge is 0.249 e. The summed E-state index contributed by atoms with van der Waals surface area (Å²) in [5.74, 6) is -3.56. The van der Waals surface area contributed by atoms with E-state index in [-0.39, 0.29) is 51.6 Å². The zero-order valence-electron chi connectivity index (χ0n) is 15.8. The van der Waals surface area contributed by atoms with Gasteiger partial charge < -0.3 is 24.5 Å². The van der Waals surface area contributed by atoms with Crippen molar-refractivity contribution >= 4 is 23.2 Å². The summed E-state index contributed by atoms with van der Waals surface area (Å²) >= 11 is 6.25. The maximum absolute atomic E-state index is 13.1. The van der Waals surface area contributed by atoms with Crippen molar-refractivity contribution in [1.29, 1.82) is 0 Å². The number of allylic oxidation sites excluding steroid dienone is 2. The molecule has 29 heavy (non-hydrogen) atoms. The first-order valence-electron chi connectivity index (χ1n) is 8.74. The molecule has 10 heteroatoms. The van der Waals surface area contributed by atoms with Gasteiger partial charge in [-0.1, -0.05) is 18.5 Å². The third-order valence-corrected chi connectivity index (χ3v) is 5.08. The van der Waals surface area contributed by atoms with E-state index in [4.69, 9.17) is 20.8 Å². The van der Waals surface area contributed by atoms with Crippen LogP contribution in [0.25, 0.3) is 11.5 Å². The topological polar surface area (TPSA) is 143 Å². The normalized spacial score (nSPS) is 20.3. The SMILES string of the molecule is COc1cc(-c2nnc([C@H](C)O)o2)c(Cl)c(O)c1C(=O)[C@H]1C(O)=CC(=O)C[C@H]1C. The molecule has 1 aliphatic rings. The maximum atomic E-state index is 13.1. The highest BCUT2D eigenvalue weighted by molar-refractivity contribution is 6.35. The molecule has 3 rings (SSSR count). The number of carbonyl (C=O) groups excluding carboxylic acids is 2. The second kappa shape index (κ2) is 7.84. The first kappa shape index (κ1) is 20.8. The molecule has 0 aliphatic heterocycles. The average molecular weight is 423 g/mol. The molecule has 2 aromatic rings. The van der Waals surface area contributed by atoms with E-state index >= 15 is 0 Å². The van der Waals surface area contributed by atoms with Gasteiger partial charge in [-0.05, 0) is 18.9 Å². The van der Waals surface area contributed by atoms with Crippen molar-refractivity contribution in [2.75, 3.05) is 7.11 Å². The predicted octanol–water partition coefficient (Wildman–Crippen LogP) is 3.01. The van der Waals surface area contributed by atoms with Gasteiger partial charge in [0.1, 0.15) is 28.9 Å². The van der Waals surface area contributed by atoms with Gasteiger partial charge in [0.15, 0.2) is 11.6 Å². The number of carbonyl (C=O) groups is 2. The number of aliphatic hydroxyl groups excluding tert-OH is 2. The Morgan fingerprint density at radius 2 is 2.07 bits per heavy atom. The van der Waals surface area contributed by atoms with Crippen LogP contribution in [0.15, 0.2) is 22.3 Å². The summed E-state index contributed by atoms with van der Waals surface area (Å²) in [6, 6.07) is 1.34. The Kier molecular flexibility index (Phi) is 5.63.